The maximum absolute atomic E-state index is 13.4. The van der Waals surface area contributed by atoms with Crippen molar-refractivity contribution in [3.63, 3.8) is 0 Å². The van der Waals surface area contributed by atoms with Crippen molar-refractivity contribution in [1.29, 1.82) is 5.26 Å². The highest BCUT2D eigenvalue weighted by Gasteiger charge is 2.35. The third-order valence-corrected chi connectivity index (χ3v) is 8.21. The molecule has 0 atom stereocenters. The fraction of sp³-hybridized carbons (Fsp3) is 0.312. The van der Waals surface area contributed by atoms with Gasteiger partial charge in [-0.15, -0.1) is 0 Å². The van der Waals surface area contributed by atoms with Gasteiger partial charge >= 0.3 is 0 Å². The fourth-order valence-corrected chi connectivity index (χ4v) is 5.48. The van der Waals surface area contributed by atoms with Crippen molar-refractivity contribution in [2.75, 3.05) is 44.7 Å². The lowest BCUT2D eigenvalue weighted by molar-refractivity contribution is -0.136. The van der Waals surface area contributed by atoms with Gasteiger partial charge in [0, 0.05) is 51.5 Å². The molecule has 43 heavy (non-hydrogen) atoms. The number of carbonyl (C=O) groups is 2. The van der Waals surface area contributed by atoms with Gasteiger partial charge < -0.3 is 14.7 Å². The summed E-state index contributed by atoms with van der Waals surface area (Å²) in [5, 5.41) is 14.4. The van der Waals surface area contributed by atoms with Crippen molar-refractivity contribution >= 4 is 29.2 Å². The van der Waals surface area contributed by atoms with Crippen LogP contribution in [0.1, 0.15) is 35.3 Å². The first-order valence-electron chi connectivity index (χ1n) is 14.1. The molecule has 1 saturated heterocycles. The van der Waals surface area contributed by atoms with Gasteiger partial charge in [0.2, 0.25) is 5.91 Å². The van der Waals surface area contributed by atoms with E-state index in [1.165, 1.54) is 6.33 Å². The lowest BCUT2D eigenvalue weighted by atomic mass is 9.83. The molecule has 1 aliphatic rings. The summed E-state index contributed by atoms with van der Waals surface area (Å²) in [5.74, 6) is 0.475. The first-order chi connectivity index (χ1) is 20.7. The quantitative estimate of drug-likeness (QED) is 0.299. The van der Waals surface area contributed by atoms with Gasteiger partial charge in [0.05, 0.1) is 28.1 Å². The van der Waals surface area contributed by atoms with E-state index in [4.69, 9.17) is 11.6 Å². The molecule has 5 rings (SSSR count). The van der Waals surface area contributed by atoms with Crippen LogP contribution in [-0.2, 0) is 16.8 Å². The van der Waals surface area contributed by atoms with Gasteiger partial charge in [-0.25, -0.2) is 9.97 Å². The summed E-state index contributed by atoms with van der Waals surface area (Å²) in [7, 11) is 1.71. The summed E-state index contributed by atoms with van der Waals surface area (Å²) in [6.45, 7) is 7.12. The van der Waals surface area contributed by atoms with E-state index in [0.717, 1.165) is 16.7 Å². The summed E-state index contributed by atoms with van der Waals surface area (Å²) in [5.41, 5.74) is 2.65. The molecule has 0 saturated carbocycles. The van der Waals surface area contributed by atoms with E-state index in [-0.39, 0.29) is 11.8 Å². The van der Waals surface area contributed by atoms with Crippen LogP contribution in [0.2, 0.25) is 5.02 Å². The maximum Gasteiger partial charge on any atom is 0.255 e. The molecule has 1 aliphatic heterocycles. The number of nitriles is 1. The summed E-state index contributed by atoms with van der Waals surface area (Å²) >= 11 is 6.55. The highest BCUT2D eigenvalue weighted by Crippen LogP contribution is 2.30. The normalized spacial score (nSPS) is 13.5. The number of pyridine rings is 1. The molecule has 0 radical (unpaired) electrons. The predicted octanol–water partition coefficient (Wildman–Crippen LogP) is 4.26. The lowest BCUT2D eigenvalue weighted by Crippen LogP contribution is -2.53. The number of benzene rings is 2. The second-order valence-corrected chi connectivity index (χ2v) is 11.5. The number of hydrogen-bond acceptors (Lipinski definition) is 7. The van der Waals surface area contributed by atoms with Crippen LogP contribution >= 0.6 is 11.6 Å². The van der Waals surface area contributed by atoms with E-state index in [1.54, 1.807) is 53.4 Å². The largest absolute Gasteiger partial charge is 0.352 e. The Labute approximate surface area is 256 Å². The monoisotopic (exact) mass is 596 g/mol. The van der Waals surface area contributed by atoms with Gasteiger partial charge in [-0.2, -0.15) is 10.4 Å². The number of aromatic nitrogens is 4. The van der Waals surface area contributed by atoms with Crippen molar-refractivity contribution in [3.8, 4) is 17.2 Å². The third-order valence-electron chi connectivity index (χ3n) is 7.89. The van der Waals surface area contributed by atoms with Gasteiger partial charge in [-0.05, 0) is 43.2 Å². The van der Waals surface area contributed by atoms with Gasteiger partial charge in [0.25, 0.3) is 5.91 Å². The molecule has 0 spiro atoms. The highest BCUT2D eigenvalue weighted by molar-refractivity contribution is 6.34. The molecule has 2 amide bonds. The molecule has 0 unspecified atom stereocenters. The molecule has 3 heterocycles. The smallest absolute Gasteiger partial charge is 0.255 e. The zero-order chi connectivity index (χ0) is 30.6. The number of hydrogen-bond donors (Lipinski definition) is 0. The summed E-state index contributed by atoms with van der Waals surface area (Å²) in [6, 6.07) is 19.1. The minimum Gasteiger partial charge on any atom is -0.352 e. The van der Waals surface area contributed by atoms with Gasteiger partial charge in [-0.3, -0.25) is 14.3 Å². The number of nitrogens with zero attached hydrogens (tertiary/aromatic N) is 8. The number of anilines is 1. The molecule has 4 aromatic rings. The van der Waals surface area contributed by atoms with E-state index in [2.05, 4.69) is 21.1 Å². The SMILES string of the molecule is CN(CCn1cncn1)C(=O)c1ccc(-c2cnc(N3CCN(C(=O)C(C)(C)c4ccccc4)CC3)c(C#N)c2)cc1Cl. The molecule has 11 heteroatoms. The average molecular weight is 597 g/mol. The van der Waals surface area contributed by atoms with E-state index < -0.39 is 5.41 Å². The molecule has 2 aromatic heterocycles. The Morgan fingerprint density at radius 2 is 1.79 bits per heavy atom. The molecule has 0 aliphatic carbocycles. The minimum absolute atomic E-state index is 0.0855. The molecule has 10 nitrogen and oxygen atoms in total. The summed E-state index contributed by atoms with van der Waals surface area (Å²) in [6.07, 6.45) is 4.76. The second-order valence-electron chi connectivity index (χ2n) is 11.1. The van der Waals surface area contributed by atoms with Crippen molar-refractivity contribution in [3.05, 3.63) is 95.2 Å². The molecule has 2 aromatic carbocycles. The van der Waals surface area contributed by atoms with Gasteiger partial charge in [-0.1, -0.05) is 48.0 Å². The van der Waals surface area contributed by atoms with Crippen LogP contribution < -0.4 is 4.90 Å². The number of amides is 2. The standard InChI is InChI=1S/C32H33ClN8O2/c1-32(2,26-7-5-4-6-8-26)31(43)40-14-12-39(13-15-40)29-24(19-34)17-25(20-36-29)23-9-10-27(28(33)18-23)30(42)38(3)11-16-41-22-35-21-37-41/h4-10,17-18,20-22H,11-16H2,1-3H3. The molecular formula is C32H33ClN8O2. The lowest BCUT2D eigenvalue weighted by Gasteiger charge is -2.39. The van der Waals surface area contributed by atoms with E-state index >= 15 is 0 Å². The first kappa shape index (κ1) is 29.7. The molecule has 1 fully saturated rings. The molecule has 0 N–H and O–H groups in total. The zero-order valence-corrected chi connectivity index (χ0v) is 25.2. The summed E-state index contributed by atoms with van der Waals surface area (Å²) < 4.78 is 1.66. The first-order valence-corrected chi connectivity index (χ1v) is 14.4. The average Bonchev–Trinajstić information content (AvgIpc) is 3.57. The molecular weight excluding hydrogens is 564 g/mol. The van der Waals surface area contributed by atoms with Crippen molar-refractivity contribution in [2.24, 2.45) is 0 Å². The number of halogens is 1. The predicted molar refractivity (Wildman–Crippen MR) is 165 cm³/mol. The van der Waals surface area contributed by atoms with E-state index in [0.29, 0.717) is 61.2 Å². The van der Waals surface area contributed by atoms with Crippen molar-refractivity contribution < 1.29 is 9.59 Å². The Bertz CT molecular complexity index is 1640. The van der Waals surface area contributed by atoms with Crippen molar-refractivity contribution in [2.45, 2.75) is 25.8 Å². The Balaban J connectivity index is 1.25. The topological polar surface area (TPSA) is 111 Å². The number of piperazine rings is 1. The van der Waals surface area contributed by atoms with Crippen LogP contribution in [0.25, 0.3) is 11.1 Å². The fourth-order valence-electron chi connectivity index (χ4n) is 5.22. The van der Waals surface area contributed by atoms with Crippen LogP contribution in [0.5, 0.6) is 0 Å². The molecule has 0 bridgehead atoms. The van der Waals surface area contributed by atoms with Crippen molar-refractivity contribution in [1.82, 2.24) is 29.5 Å². The summed E-state index contributed by atoms with van der Waals surface area (Å²) in [4.78, 5) is 40.5. The maximum atomic E-state index is 13.4. The van der Waals surface area contributed by atoms with Gasteiger partial charge in [0.15, 0.2) is 0 Å². The van der Waals surface area contributed by atoms with Crippen LogP contribution in [0.4, 0.5) is 5.82 Å². The van der Waals surface area contributed by atoms with Crippen LogP contribution in [0, 0.1) is 11.3 Å². The van der Waals surface area contributed by atoms with E-state index in [9.17, 15) is 14.9 Å². The Morgan fingerprint density at radius 1 is 1.05 bits per heavy atom. The van der Waals surface area contributed by atoms with Crippen LogP contribution in [0.15, 0.2) is 73.4 Å². The number of likely N-dealkylation sites (N-methyl/N-ethyl adjacent to an activating group) is 1. The number of carbonyl (C=O) groups excluding carboxylic acids is 2. The number of rotatable bonds is 8. The Hall–Kier alpha value is -4.75. The van der Waals surface area contributed by atoms with Gasteiger partial charge in [0.1, 0.15) is 24.5 Å². The second kappa shape index (κ2) is 12.6. The molecule has 220 valence electrons. The van der Waals surface area contributed by atoms with E-state index in [1.807, 2.05) is 54.0 Å². The Morgan fingerprint density at radius 3 is 2.44 bits per heavy atom. The minimum atomic E-state index is -0.629. The van der Waals surface area contributed by atoms with Crippen LogP contribution in [-0.4, -0.2) is 81.1 Å². The highest BCUT2D eigenvalue weighted by atomic mass is 35.5. The Kier molecular flexibility index (Phi) is 8.73. The zero-order valence-electron chi connectivity index (χ0n) is 24.4. The van der Waals surface area contributed by atoms with Crippen LogP contribution in [0.3, 0.4) is 0 Å². The third kappa shape index (κ3) is 6.37.